The summed E-state index contributed by atoms with van der Waals surface area (Å²) in [6, 6.07) is 0.308. The van der Waals surface area contributed by atoms with Crippen molar-refractivity contribution in [2.75, 3.05) is 6.54 Å². The molecule has 21 heavy (non-hydrogen) atoms. The van der Waals surface area contributed by atoms with Crippen molar-refractivity contribution in [2.24, 2.45) is 10.8 Å². The van der Waals surface area contributed by atoms with Crippen LogP contribution in [0.5, 0.6) is 0 Å². The Balaban J connectivity index is 1.96. The van der Waals surface area contributed by atoms with Crippen molar-refractivity contribution in [1.82, 2.24) is 4.90 Å². The van der Waals surface area contributed by atoms with Crippen molar-refractivity contribution < 1.29 is 14.3 Å². The first-order valence-corrected chi connectivity index (χ1v) is 8.35. The average molecular weight is 293 g/mol. The molecule has 1 saturated carbocycles. The molecule has 0 aromatic rings. The van der Waals surface area contributed by atoms with Gasteiger partial charge in [-0.1, -0.05) is 20.8 Å². The second-order valence-electron chi connectivity index (χ2n) is 7.73. The van der Waals surface area contributed by atoms with Crippen LogP contribution in [0.15, 0.2) is 0 Å². The van der Waals surface area contributed by atoms with Gasteiger partial charge in [-0.25, -0.2) is 0 Å². The van der Waals surface area contributed by atoms with E-state index in [2.05, 4.69) is 6.92 Å². The highest BCUT2D eigenvalue weighted by atomic mass is 16.6. The Bertz CT molecular complexity index is 486. The molecule has 3 unspecified atom stereocenters. The number of hydrogen-bond acceptors (Lipinski definition) is 3. The molecule has 4 nitrogen and oxygen atoms in total. The Hall–Kier alpha value is -1.06. The molecule has 3 aliphatic rings. The van der Waals surface area contributed by atoms with E-state index in [0.717, 1.165) is 32.2 Å². The van der Waals surface area contributed by atoms with E-state index >= 15 is 0 Å². The summed E-state index contributed by atoms with van der Waals surface area (Å²) in [5, 5.41) is 0. The first-order chi connectivity index (χ1) is 9.80. The lowest BCUT2D eigenvalue weighted by Crippen LogP contribution is -2.58. The van der Waals surface area contributed by atoms with Crippen LogP contribution in [0.3, 0.4) is 0 Å². The monoisotopic (exact) mass is 293 g/mol. The summed E-state index contributed by atoms with van der Waals surface area (Å²) in [6.45, 7) is 8.98. The predicted octanol–water partition coefficient (Wildman–Crippen LogP) is 2.90. The van der Waals surface area contributed by atoms with Crippen LogP contribution in [0, 0.1) is 10.8 Å². The van der Waals surface area contributed by atoms with Gasteiger partial charge in [0.15, 0.2) is 5.60 Å². The standard InChI is InChI=1S/C17H27NO3/c1-5-12-8-6-7-11-18(12)13(19)17-10-9-16(4,14(20)21-17)15(17,2)3/h12H,5-11H2,1-4H3. The minimum Gasteiger partial charge on any atom is -0.448 e. The van der Waals surface area contributed by atoms with Crippen molar-refractivity contribution in [1.29, 1.82) is 0 Å². The van der Waals surface area contributed by atoms with Crippen molar-refractivity contribution in [3.8, 4) is 0 Å². The minimum atomic E-state index is -0.927. The molecule has 3 rings (SSSR count). The number of likely N-dealkylation sites (tertiary alicyclic amines) is 1. The minimum absolute atomic E-state index is 0.0635. The number of hydrogen-bond donors (Lipinski definition) is 0. The van der Waals surface area contributed by atoms with Gasteiger partial charge in [-0.2, -0.15) is 0 Å². The highest BCUT2D eigenvalue weighted by Gasteiger charge is 2.76. The molecule has 2 aliphatic heterocycles. The highest BCUT2D eigenvalue weighted by molar-refractivity contribution is 5.96. The number of ether oxygens (including phenoxy) is 1. The summed E-state index contributed by atoms with van der Waals surface area (Å²) >= 11 is 0. The Labute approximate surface area is 127 Å². The van der Waals surface area contributed by atoms with E-state index < -0.39 is 16.4 Å². The Morgan fingerprint density at radius 1 is 1.29 bits per heavy atom. The number of carbonyl (C=O) groups is 2. The number of fused-ring (bicyclic) bond motifs is 2. The van der Waals surface area contributed by atoms with Crippen LogP contribution in [-0.4, -0.2) is 35.0 Å². The second kappa shape index (κ2) is 4.47. The maximum absolute atomic E-state index is 13.3. The van der Waals surface area contributed by atoms with E-state index in [9.17, 15) is 9.59 Å². The van der Waals surface area contributed by atoms with Crippen LogP contribution >= 0.6 is 0 Å². The van der Waals surface area contributed by atoms with E-state index in [1.54, 1.807) is 0 Å². The normalized spacial score (nSPS) is 41.2. The third-order valence-corrected chi connectivity index (χ3v) is 6.79. The largest absolute Gasteiger partial charge is 0.448 e. The summed E-state index contributed by atoms with van der Waals surface area (Å²) in [5.74, 6) is -0.120. The molecule has 1 aliphatic carbocycles. The smallest absolute Gasteiger partial charge is 0.313 e. The van der Waals surface area contributed by atoms with E-state index in [1.807, 2.05) is 25.7 Å². The van der Waals surface area contributed by atoms with Gasteiger partial charge in [0.1, 0.15) is 0 Å². The zero-order valence-corrected chi connectivity index (χ0v) is 13.7. The lowest BCUT2D eigenvalue weighted by atomic mass is 9.66. The highest BCUT2D eigenvalue weighted by Crippen LogP contribution is 2.66. The fraction of sp³-hybridized carbons (Fsp3) is 0.882. The fourth-order valence-electron chi connectivity index (χ4n) is 4.65. The maximum atomic E-state index is 13.3. The van der Waals surface area contributed by atoms with Gasteiger partial charge in [-0.15, -0.1) is 0 Å². The quantitative estimate of drug-likeness (QED) is 0.735. The topological polar surface area (TPSA) is 46.6 Å². The molecule has 0 spiro atoms. The van der Waals surface area contributed by atoms with Gasteiger partial charge >= 0.3 is 5.97 Å². The number of carbonyl (C=O) groups excluding carboxylic acids is 2. The van der Waals surface area contributed by atoms with Crippen molar-refractivity contribution in [2.45, 2.75) is 77.9 Å². The van der Waals surface area contributed by atoms with Crippen molar-refractivity contribution in [3.63, 3.8) is 0 Å². The Morgan fingerprint density at radius 3 is 2.52 bits per heavy atom. The van der Waals surface area contributed by atoms with E-state index in [4.69, 9.17) is 4.74 Å². The number of esters is 1. The molecule has 3 atom stereocenters. The molecule has 0 N–H and O–H groups in total. The van der Waals surface area contributed by atoms with Crippen molar-refractivity contribution >= 4 is 11.9 Å². The number of nitrogens with zero attached hydrogens (tertiary/aromatic N) is 1. The summed E-state index contributed by atoms with van der Waals surface area (Å²) < 4.78 is 5.74. The summed E-state index contributed by atoms with van der Waals surface area (Å²) in [7, 11) is 0. The van der Waals surface area contributed by atoms with Crippen LogP contribution in [0.1, 0.15) is 66.2 Å². The van der Waals surface area contributed by atoms with Crippen LogP contribution in [0.4, 0.5) is 0 Å². The van der Waals surface area contributed by atoms with Gasteiger partial charge in [-0.05, 0) is 45.4 Å². The van der Waals surface area contributed by atoms with Gasteiger partial charge in [0.05, 0.1) is 5.41 Å². The SMILES string of the molecule is CCC1CCCCN1C(=O)C12CCC(C)(C(=O)O1)C2(C)C. The molecular formula is C17H27NO3. The first-order valence-electron chi connectivity index (χ1n) is 8.35. The summed E-state index contributed by atoms with van der Waals surface area (Å²) in [4.78, 5) is 27.6. The van der Waals surface area contributed by atoms with Gasteiger partial charge in [-0.3, -0.25) is 9.59 Å². The number of rotatable bonds is 2. The predicted molar refractivity (Wildman–Crippen MR) is 79.6 cm³/mol. The van der Waals surface area contributed by atoms with Crippen LogP contribution in [0.2, 0.25) is 0 Å². The molecule has 2 bridgehead atoms. The van der Waals surface area contributed by atoms with Gasteiger partial charge in [0.2, 0.25) is 0 Å². The van der Waals surface area contributed by atoms with Gasteiger partial charge in [0.25, 0.3) is 5.91 Å². The Kier molecular flexibility index (Phi) is 3.16. The molecule has 2 saturated heterocycles. The molecule has 0 aromatic carbocycles. The van der Waals surface area contributed by atoms with E-state index in [1.165, 1.54) is 6.42 Å². The lowest BCUT2D eigenvalue weighted by molar-refractivity contribution is -0.176. The zero-order chi connectivity index (χ0) is 15.5. The molecule has 4 heteroatoms. The van der Waals surface area contributed by atoms with Crippen LogP contribution in [0.25, 0.3) is 0 Å². The zero-order valence-electron chi connectivity index (χ0n) is 13.7. The van der Waals surface area contributed by atoms with Crippen molar-refractivity contribution in [3.05, 3.63) is 0 Å². The summed E-state index contributed by atoms with van der Waals surface area (Å²) in [6.07, 6.45) is 5.74. The number of amides is 1. The molecular weight excluding hydrogens is 266 g/mol. The van der Waals surface area contributed by atoms with Gasteiger partial charge < -0.3 is 9.64 Å². The first kappa shape index (κ1) is 14.9. The fourth-order valence-corrected chi connectivity index (χ4v) is 4.65. The molecule has 1 amide bonds. The lowest BCUT2D eigenvalue weighted by Gasteiger charge is -2.43. The maximum Gasteiger partial charge on any atom is 0.313 e. The average Bonchev–Trinajstić information content (AvgIpc) is 2.76. The number of piperidine rings is 1. The molecule has 3 fully saturated rings. The van der Waals surface area contributed by atoms with Gasteiger partial charge in [0, 0.05) is 18.0 Å². The van der Waals surface area contributed by atoms with E-state index in [0.29, 0.717) is 12.5 Å². The van der Waals surface area contributed by atoms with Crippen LogP contribution < -0.4 is 0 Å². The third kappa shape index (κ3) is 1.62. The molecule has 2 heterocycles. The summed E-state index contributed by atoms with van der Waals surface area (Å²) in [5.41, 5.74) is -1.87. The van der Waals surface area contributed by atoms with E-state index in [-0.39, 0.29) is 11.9 Å². The third-order valence-electron chi connectivity index (χ3n) is 6.79. The molecule has 0 radical (unpaired) electrons. The second-order valence-corrected chi connectivity index (χ2v) is 7.73. The molecule has 118 valence electrons. The molecule has 0 aromatic heterocycles. The van der Waals surface area contributed by atoms with Crippen LogP contribution in [-0.2, 0) is 14.3 Å². The Morgan fingerprint density at radius 2 is 2.00 bits per heavy atom.